The Hall–Kier alpha value is -2.00. The van der Waals surface area contributed by atoms with Crippen LogP contribution in [0.25, 0.3) is 0 Å². The number of hydrogen-bond donors (Lipinski definition) is 2. The molecule has 0 bridgehead atoms. The second-order valence-electron chi connectivity index (χ2n) is 4.46. The summed E-state index contributed by atoms with van der Waals surface area (Å²) >= 11 is 6.08. The molecule has 0 atom stereocenters. The van der Waals surface area contributed by atoms with Crippen molar-refractivity contribution in [2.75, 3.05) is 11.1 Å². The van der Waals surface area contributed by atoms with Crippen LogP contribution in [0.4, 0.5) is 11.4 Å². The average Bonchev–Trinajstić information content (AvgIpc) is 2.34. The number of nitrogens with two attached hydrogens (primary N) is 1. The number of amides is 1. The molecule has 0 fully saturated rings. The molecule has 0 aliphatic heterocycles. The Kier molecular flexibility index (Phi) is 3.76. The normalized spacial score (nSPS) is 10.3. The zero-order valence-corrected chi connectivity index (χ0v) is 11.6. The Balaban J connectivity index is 2.28. The van der Waals surface area contributed by atoms with Gasteiger partial charge in [-0.3, -0.25) is 4.79 Å². The number of carbonyl (C=O) groups is 1. The van der Waals surface area contributed by atoms with E-state index in [1.165, 1.54) is 0 Å². The van der Waals surface area contributed by atoms with Crippen LogP contribution in [0.3, 0.4) is 0 Å². The van der Waals surface area contributed by atoms with Crippen molar-refractivity contribution in [3.63, 3.8) is 0 Å². The smallest absolute Gasteiger partial charge is 0.257 e. The number of anilines is 2. The molecule has 2 aromatic carbocycles. The summed E-state index contributed by atoms with van der Waals surface area (Å²) in [6.07, 6.45) is 0. The topological polar surface area (TPSA) is 55.1 Å². The summed E-state index contributed by atoms with van der Waals surface area (Å²) in [6, 6.07) is 10.7. The van der Waals surface area contributed by atoms with E-state index in [0.717, 1.165) is 11.1 Å². The molecule has 0 saturated heterocycles. The third kappa shape index (κ3) is 2.88. The summed E-state index contributed by atoms with van der Waals surface area (Å²) in [5, 5.41) is 3.27. The first-order valence-corrected chi connectivity index (χ1v) is 6.29. The Bertz CT molecular complexity index is 638. The molecule has 2 aromatic rings. The lowest BCUT2D eigenvalue weighted by atomic mass is 10.1. The highest BCUT2D eigenvalue weighted by Crippen LogP contribution is 2.23. The van der Waals surface area contributed by atoms with Crippen molar-refractivity contribution >= 4 is 28.9 Å². The van der Waals surface area contributed by atoms with Gasteiger partial charge in [0.2, 0.25) is 0 Å². The summed E-state index contributed by atoms with van der Waals surface area (Å²) in [5.41, 5.74) is 9.46. The third-order valence-electron chi connectivity index (χ3n) is 2.99. The summed E-state index contributed by atoms with van der Waals surface area (Å²) in [6.45, 7) is 3.79. The van der Waals surface area contributed by atoms with Gasteiger partial charge in [-0.05, 0) is 49.2 Å². The minimum absolute atomic E-state index is 0.237. The van der Waals surface area contributed by atoms with Gasteiger partial charge in [-0.25, -0.2) is 0 Å². The van der Waals surface area contributed by atoms with E-state index in [4.69, 9.17) is 17.3 Å². The molecule has 1 amide bonds. The molecule has 0 unspecified atom stereocenters. The largest absolute Gasteiger partial charge is 0.398 e. The molecule has 0 saturated carbocycles. The number of carbonyl (C=O) groups excluding carboxylic acids is 1. The fourth-order valence-corrected chi connectivity index (χ4v) is 2.10. The monoisotopic (exact) mass is 274 g/mol. The van der Waals surface area contributed by atoms with Gasteiger partial charge in [0.25, 0.3) is 5.91 Å². The predicted octanol–water partition coefficient (Wildman–Crippen LogP) is 3.79. The summed E-state index contributed by atoms with van der Waals surface area (Å²) in [5.74, 6) is -0.237. The van der Waals surface area contributed by atoms with Crippen LogP contribution in [0.1, 0.15) is 21.5 Å². The lowest BCUT2D eigenvalue weighted by Crippen LogP contribution is -2.13. The van der Waals surface area contributed by atoms with Crippen LogP contribution >= 0.6 is 11.6 Å². The lowest BCUT2D eigenvalue weighted by molar-refractivity contribution is 0.102. The Morgan fingerprint density at radius 3 is 2.63 bits per heavy atom. The molecule has 4 heteroatoms. The zero-order valence-electron chi connectivity index (χ0n) is 10.8. The van der Waals surface area contributed by atoms with Gasteiger partial charge in [-0.2, -0.15) is 0 Å². The number of benzene rings is 2. The first kappa shape index (κ1) is 13.4. The van der Waals surface area contributed by atoms with Gasteiger partial charge in [0.1, 0.15) is 0 Å². The van der Waals surface area contributed by atoms with E-state index in [1.54, 1.807) is 24.3 Å². The lowest BCUT2D eigenvalue weighted by Gasteiger charge is -2.11. The highest BCUT2D eigenvalue weighted by Gasteiger charge is 2.12. The quantitative estimate of drug-likeness (QED) is 0.819. The summed E-state index contributed by atoms with van der Waals surface area (Å²) in [4.78, 5) is 12.2. The third-order valence-corrected chi connectivity index (χ3v) is 3.31. The molecule has 0 radical (unpaired) electrons. The number of aryl methyl sites for hydroxylation is 1. The van der Waals surface area contributed by atoms with Gasteiger partial charge < -0.3 is 11.1 Å². The maximum atomic E-state index is 12.2. The molecule has 3 N–H and O–H groups in total. The van der Waals surface area contributed by atoms with E-state index >= 15 is 0 Å². The van der Waals surface area contributed by atoms with Gasteiger partial charge >= 0.3 is 0 Å². The highest BCUT2D eigenvalue weighted by molar-refractivity contribution is 6.34. The van der Waals surface area contributed by atoms with Crippen LogP contribution in [0.2, 0.25) is 5.02 Å². The van der Waals surface area contributed by atoms with Crippen LogP contribution < -0.4 is 11.1 Å². The van der Waals surface area contributed by atoms with Crippen molar-refractivity contribution in [3.8, 4) is 0 Å². The average molecular weight is 275 g/mol. The van der Waals surface area contributed by atoms with Crippen molar-refractivity contribution in [1.29, 1.82) is 0 Å². The van der Waals surface area contributed by atoms with Crippen LogP contribution in [-0.2, 0) is 0 Å². The summed E-state index contributed by atoms with van der Waals surface area (Å²) in [7, 11) is 0. The molecule has 3 nitrogen and oxygen atoms in total. The van der Waals surface area contributed by atoms with Crippen LogP contribution in [0.5, 0.6) is 0 Å². The minimum Gasteiger partial charge on any atom is -0.398 e. The molecule has 2 rings (SSSR count). The Morgan fingerprint density at radius 1 is 1.21 bits per heavy atom. The van der Waals surface area contributed by atoms with Crippen molar-refractivity contribution in [2.24, 2.45) is 0 Å². The predicted molar refractivity (Wildman–Crippen MR) is 79.7 cm³/mol. The van der Waals surface area contributed by atoms with E-state index in [1.807, 2.05) is 26.0 Å². The molecule has 0 aliphatic rings. The summed E-state index contributed by atoms with van der Waals surface area (Å²) < 4.78 is 0. The molecular formula is C15H15ClN2O. The van der Waals surface area contributed by atoms with Crippen molar-refractivity contribution in [1.82, 2.24) is 0 Å². The van der Waals surface area contributed by atoms with E-state index in [9.17, 15) is 4.79 Å². The molecule has 0 spiro atoms. The first-order chi connectivity index (χ1) is 8.99. The number of halogens is 1. The van der Waals surface area contributed by atoms with Gasteiger partial charge in [-0.1, -0.05) is 23.7 Å². The van der Waals surface area contributed by atoms with Crippen molar-refractivity contribution in [2.45, 2.75) is 13.8 Å². The van der Waals surface area contributed by atoms with Gasteiger partial charge in [0, 0.05) is 11.4 Å². The number of nitrogens with one attached hydrogen (secondary N) is 1. The van der Waals surface area contributed by atoms with Crippen molar-refractivity contribution in [3.05, 3.63) is 58.1 Å². The van der Waals surface area contributed by atoms with Gasteiger partial charge in [-0.15, -0.1) is 0 Å². The zero-order chi connectivity index (χ0) is 14.0. The second kappa shape index (κ2) is 5.33. The SMILES string of the molecule is Cc1ccc(C(=O)Nc2cccc(N)c2C)c(Cl)c1. The molecule has 0 aromatic heterocycles. The first-order valence-electron chi connectivity index (χ1n) is 5.91. The fourth-order valence-electron chi connectivity index (χ4n) is 1.78. The molecule has 98 valence electrons. The molecule has 0 heterocycles. The molecular weight excluding hydrogens is 260 g/mol. The Morgan fingerprint density at radius 2 is 1.95 bits per heavy atom. The van der Waals surface area contributed by atoms with Gasteiger partial charge in [0.05, 0.1) is 10.6 Å². The van der Waals surface area contributed by atoms with Crippen molar-refractivity contribution < 1.29 is 4.79 Å². The van der Waals surface area contributed by atoms with E-state index in [0.29, 0.717) is 22.0 Å². The van der Waals surface area contributed by atoms with E-state index in [2.05, 4.69) is 5.32 Å². The van der Waals surface area contributed by atoms with Crippen LogP contribution in [0, 0.1) is 13.8 Å². The van der Waals surface area contributed by atoms with Crippen LogP contribution in [0.15, 0.2) is 36.4 Å². The van der Waals surface area contributed by atoms with E-state index < -0.39 is 0 Å². The Labute approximate surface area is 117 Å². The number of rotatable bonds is 2. The maximum Gasteiger partial charge on any atom is 0.257 e. The fraction of sp³-hybridized carbons (Fsp3) is 0.133. The highest BCUT2D eigenvalue weighted by atomic mass is 35.5. The van der Waals surface area contributed by atoms with E-state index in [-0.39, 0.29) is 5.91 Å². The number of hydrogen-bond acceptors (Lipinski definition) is 2. The van der Waals surface area contributed by atoms with Crippen LogP contribution in [-0.4, -0.2) is 5.91 Å². The minimum atomic E-state index is -0.237. The molecule has 19 heavy (non-hydrogen) atoms. The number of nitrogen functional groups attached to an aromatic ring is 1. The van der Waals surface area contributed by atoms with Gasteiger partial charge in [0.15, 0.2) is 0 Å². The molecule has 0 aliphatic carbocycles. The standard InChI is InChI=1S/C15H15ClN2O/c1-9-6-7-11(12(16)8-9)15(19)18-14-5-3-4-13(17)10(14)2/h3-8H,17H2,1-2H3,(H,18,19). The maximum absolute atomic E-state index is 12.2. The second-order valence-corrected chi connectivity index (χ2v) is 4.86.